The second kappa shape index (κ2) is 7.59. The molecule has 1 amide bonds. The summed E-state index contributed by atoms with van der Waals surface area (Å²) in [5.74, 6) is 0.407. The van der Waals surface area contributed by atoms with Gasteiger partial charge in [-0.25, -0.2) is 14.4 Å². The van der Waals surface area contributed by atoms with Crippen molar-refractivity contribution in [2.75, 3.05) is 12.4 Å². The van der Waals surface area contributed by atoms with Gasteiger partial charge < -0.3 is 15.6 Å². The Morgan fingerprint density at radius 1 is 1.29 bits per heavy atom. The number of hydrogen-bond acceptors (Lipinski definition) is 5. The van der Waals surface area contributed by atoms with Crippen LogP contribution in [0.5, 0.6) is 0 Å². The summed E-state index contributed by atoms with van der Waals surface area (Å²) in [6, 6.07) is 7.04. The first-order valence-corrected chi connectivity index (χ1v) is 10.2. The Bertz CT molecular complexity index is 1290. The van der Waals surface area contributed by atoms with E-state index in [1.165, 1.54) is 11.0 Å². The molecule has 1 aliphatic carbocycles. The second-order valence-corrected chi connectivity index (χ2v) is 7.81. The molecule has 9 heteroatoms. The maximum absolute atomic E-state index is 15.4. The molecule has 1 saturated carbocycles. The summed E-state index contributed by atoms with van der Waals surface area (Å²) in [5.41, 5.74) is 2.95. The van der Waals surface area contributed by atoms with E-state index < -0.39 is 5.82 Å². The summed E-state index contributed by atoms with van der Waals surface area (Å²) in [6.07, 6.45) is 5.09. The zero-order chi connectivity index (χ0) is 21.5. The zero-order valence-electron chi connectivity index (χ0n) is 17.2. The number of nitrogens with one attached hydrogen (secondary N) is 3. The van der Waals surface area contributed by atoms with Gasteiger partial charge in [0.1, 0.15) is 12.1 Å². The largest absolute Gasteiger partial charge is 0.351 e. The Morgan fingerprint density at radius 3 is 2.81 bits per heavy atom. The van der Waals surface area contributed by atoms with E-state index in [4.69, 9.17) is 0 Å². The molecule has 31 heavy (non-hydrogen) atoms. The molecule has 8 nitrogen and oxygen atoms in total. The van der Waals surface area contributed by atoms with Crippen LogP contribution < -0.4 is 10.6 Å². The van der Waals surface area contributed by atoms with E-state index in [0.717, 1.165) is 23.8 Å². The summed E-state index contributed by atoms with van der Waals surface area (Å²) < 4.78 is 17.0. The van der Waals surface area contributed by atoms with Crippen LogP contribution in [0.3, 0.4) is 0 Å². The smallest absolute Gasteiger partial charge is 0.228 e. The number of carbonyl (C=O) groups excluding carboxylic acids is 1. The van der Waals surface area contributed by atoms with Crippen LogP contribution in [0.4, 0.5) is 10.2 Å². The quantitative estimate of drug-likeness (QED) is 0.446. The number of benzene rings is 1. The van der Waals surface area contributed by atoms with Crippen LogP contribution in [-0.4, -0.2) is 37.7 Å². The number of amides is 1. The molecule has 1 fully saturated rings. The van der Waals surface area contributed by atoms with Crippen molar-refractivity contribution in [2.24, 2.45) is 13.0 Å². The molecule has 158 valence electrons. The van der Waals surface area contributed by atoms with Crippen molar-refractivity contribution in [1.82, 2.24) is 30.0 Å². The first-order chi connectivity index (χ1) is 15.0. The molecule has 5 rings (SSSR count). The fourth-order valence-corrected chi connectivity index (χ4v) is 3.68. The molecule has 0 atom stereocenters. The first-order valence-electron chi connectivity index (χ1n) is 10.2. The maximum atomic E-state index is 15.4. The lowest BCUT2D eigenvalue weighted by molar-refractivity contribution is -0.117. The van der Waals surface area contributed by atoms with Crippen molar-refractivity contribution < 1.29 is 9.18 Å². The van der Waals surface area contributed by atoms with Crippen LogP contribution >= 0.6 is 0 Å². The normalized spacial score (nSPS) is 13.6. The van der Waals surface area contributed by atoms with Crippen LogP contribution in [-0.2, 0) is 18.4 Å². The number of fused-ring (bicyclic) bond motifs is 1. The number of pyridine rings is 1. The van der Waals surface area contributed by atoms with Gasteiger partial charge in [-0.3, -0.25) is 9.48 Å². The van der Waals surface area contributed by atoms with E-state index in [9.17, 15) is 4.79 Å². The van der Waals surface area contributed by atoms with Crippen molar-refractivity contribution >= 4 is 22.6 Å². The molecule has 3 heterocycles. The van der Waals surface area contributed by atoms with Crippen molar-refractivity contribution in [3.63, 3.8) is 0 Å². The summed E-state index contributed by atoms with van der Waals surface area (Å²) in [6.45, 7) is 0.595. The van der Waals surface area contributed by atoms with Gasteiger partial charge >= 0.3 is 0 Å². The molecule has 0 saturated heterocycles. The lowest BCUT2D eigenvalue weighted by atomic mass is 10.1. The van der Waals surface area contributed by atoms with Crippen LogP contribution in [0, 0.1) is 11.7 Å². The van der Waals surface area contributed by atoms with Gasteiger partial charge in [0.25, 0.3) is 0 Å². The third kappa shape index (κ3) is 3.57. The Morgan fingerprint density at radius 2 is 2.10 bits per heavy atom. The SMILES string of the molecule is CNCc1cnc(NC(=O)C2CC2)c2[nH]c(-c3cccc(-c4ncn(C)n4)c3F)cc12. The highest BCUT2D eigenvalue weighted by atomic mass is 19.1. The third-order valence-electron chi connectivity index (χ3n) is 5.44. The minimum Gasteiger partial charge on any atom is -0.351 e. The van der Waals surface area contributed by atoms with Crippen LogP contribution in [0.1, 0.15) is 18.4 Å². The molecule has 0 radical (unpaired) electrons. The van der Waals surface area contributed by atoms with E-state index >= 15 is 4.39 Å². The average molecular weight is 419 g/mol. The Hall–Kier alpha value is -3.59. The molecule has 4 aromatic rings. The topological polar surface area (TPSA) is 101 Å². The second-order valence-electron chi connectivity index (χ2n) is 7.81. The van der Waals surface area contributed by atoms with Crippen molar-refractivity contribution in [1.29, 1.82) is 0 Å². The van der Waals surface area contributed by atoms with E-state index in [2.05, 4.69) is 30.7 Å². The summed E-state index contributed by atoms with van der Waals surface area (Å²) >= 11 is 0. The van der Waals surface area contributed by atoms with Gasteiger partial charge in [-0.1, -0.05) is 6.07 Å². The zero-order valence-corrected chi connectivity index (χ0v) is 17.2. The molecular weight excluding hydrogens is 397 g/mol. The number of anilines is 1. The van der Waals surface area contributed by atoms with Crippen molar-refractivity contribution in [3.05, 3.63) is 48.2 Å². The standard InChI is InChI=1S/C22H22FN7O/c1-24-9-13-10-25-21(28-22(31)12-6-7-12)19-16(13)8-17(27-19)14-4-3-5-15(18(14)23)20-26-11-30(2)29-20/h3-5,8,10-12,24,27H,6-7,9H2,1-2H3,(H,25,28,31). The number of nitrogens with zero attached hydrogens (tertiary/aromatic N) is 4. The Labute approximate surface area is 177 Å². The van der Waals surface area contributed by atoms with Crippen LogP contribution in [0.2, 0.25) is 0 Å². The predicted octanol–water partition coefficient (Wildman–Crippen LogP) is 3.23. The fourth-order valence-electron chi connectivity index (χ4n) is 3.68. The van der Waals surface area contributed by atoms with Gasteiger partial charge in [0.15, 0.2) is 11.6 Å². The van der Waals surface area contributed by atoms with Gasteiger partial charge in [-0.15, -0.1) is 0 Å². The molecular formula is C22H22FN7O. The number of H-pyrrole nitrogens is 1. The van der Waals surface area contributed by atoms with Gasteiger partial charge in [-0.05, 0) is 43.7 Å². The van der Waals surface area contributed by atoms with Gasteiger partial charge in [0.05, 0.1) is 11.1 Å². The highest BCUT2D eigenvalue weighted by Crippen LogP contribution is 2.35. The highest BCUT2D eigenvalue weighted by molar-refractivity contribution is 6.02. The summed E-state index contributed by atoms with van der Waals surface area (Å²) in [4.78, 5) is 24.2. The minimum atomic E-state index is -0.410. The Kier molecular flexibility index (Phi) is 4.74. The number of aromatic nitrogens is 5. The number of aromatic amines is 1. The monoisotopic (exact) mass is 419 g/mol. The average Bonchev–Trinajstić information content (AvgIpc) is 3.37. The molecule has 1 aliphatic rings. The number of hydrogen-bond donors (Lipinski definition) is 3. The van der Waals surface area contributed by atoms with E-state index in [1.54, 1.807) is 31.4 Å². The highest BCUT2D eigenvalue weighted by Gasteiger charge is 2.30. The molecule has 3 aromatic heterocycles. The maximum Gasteiger partial charge on any atom is 0.228 e. The number of aryl methyl sites for hydroxylation is 1. The fraction of sp³-hybridized carbons (Fsp3) is 0.273. The predicted molar refractivity (Wildman–Crippen MR) is 116 cm³/mol. The van der Waals surface area contributed by atoms with Crippen molar-refractivity contribution in [3.8, 4) is 22.6 Å². The summed E-state index contributed by atoms with van der Waals surface area (Å²) in [5, 5.41) is 11.1. The van der Waals surface area contributed by atoms with Crippen LogP contribution in [0.25, 0.3) is 33.5 Å². The molecule has 0 bridgehead atoms. The molecule has 1 aromatic carbocycles. The van der Waals surface area contributed by atoms with E-state index in [-0.39, 0.29) is 11.8 Å². The van der Waals surface area contributed by atoms with Crippen LogP contribution in [0.15, 0.2) is 36.8 Å². The van der Waals surface area contributed by atoms with E-state index in [1.807, 2.05) is 13.1 Å². The lowest BCUT2D eigenvalue weighted by Gasteiger charge is -2.08. The van der Waals surface area contributed by atoms with Gasteiger partial charge in [-0.2, -0.15) is 5.10 Å². The third-order valence-corrected chi connectivity index (χ3v) is 5.44. The number of halogens is 1. The molecule has 0 aliphatic heterocycles. The molecule has 0 spiro atoms. The Balaban J connectivity index is 1.62. The van der Waals surface area contributed by atoms with E-state index in [0.29, 0.717) is 40.5 Å². The first kappa shape index (κ1) is 19.4. The van der Waals surface area contributed by atoms with Crippen molar-refractivity contribution in [2.45, 2.75) is 19.4 Å². The number of rotatable bonds is 6. The minimum absolute atomic E-state index is 0.0271. The number of carbonyl (C=O) groups is 1. The van der Waals surface area contributed by atoms with Gasteiger partial charge in [0.2, 0.25) is 5.91 Å². The molecule has 3 N–H and O–H groups in total. The summed E-state index contributed by atoms with van der Waals surface area (Å²) in [7, 11) is 3.59. The van der Waals surface area contributed by atoms with Gasteiger partial charge in [0, 0.05) is 42.4 Å². The lowest BCUT2D eigenvalue weighted by Crippen LogP contribution is -2.15. The molecule has 0 unspecified atom stereocenters.